The van der Waals surface area contributed by atoms with Gasteiger partial charge in [0, 0.05) is 6.42 Å². The Bertz CT molecular complexity index is 848. The summed E-state index contributed by atoms with van der Waals surface area (Å²) in [5, 5.41) is 38.7. The van der Waals surface area contributed by atoms with E-state index in [0.29, 0.717) is 18.4 Å². The van der Waals surface area contributed by atoms with E-state index < -0.39 is 28.6 Å². The lowest BCUT2D eigenvalue weighted by Crippen LogP contribution is -2.73. The van der Waals surface area contributed by atoms with Crippen molar-refractivity contribution in [3.8, 4) is 18.2 Å². The van der Waals surface area contributed by atoms with E-state index in [2.05, 4.69) is 18.2 Å². The van der Waals surface area contributed by atoms with E-state index in [0.717, 1.165) is 12.8 Å². The number of fused-ring (bicyclic) bond motifs is 2. The molecule has 3 saturated heterocycles. The van der Waals surface area contributed by atoms with Crippen molar-refractivity contribution in [3.63, 3.8) is 0 Å². The van der Waals surface area contributed by atoms with Crippen molar-refractivity contribution >= 4 is 5.90 Å². The summed E-state index contributed by atoms with van der Waals surface area (Å²) < 4.78 is 12.1. The first kappa shape index (κ1) is 15.6. The zero-order chi connectivity index (χ0) is 17.7. The standard InChI is InChI=1S/C19H16N4O2/c20-10-17(11-21)14-8-4-5-9-19(14)24-15(13-6-2-1-3-7-13)18(17,12-22)16(23)25-19/h1-3,6-7,14-15,23H,4-5,8-9H2/t14-,15+,18-,19+/m1/s1. The highest BCUT2D eigenvalue weighted by molar-refractivity contribution is 5.89. The van der Waals surface area contributed by atoms with Crippen LogP contribution in [0.3, 0.4) is 0 Å². The molecule has 4 aliphatic rings. The summed E-state index contributed by atoms with van der Waals surface area (Å²) in [4.78, 5) is 0. The summed E-state index contributed by atoms with van der Waals surface area (Å²) in [6.45, 7) is 0. The van der Waals surface area contributed by atoms with Gasteiger partial charge in [0.15, 0.2) is 10.8 Å². The number of hydrogen-bond acceptors (Lipinski definition) is 6. The van der Waals surface area contributed by atoms with Crippen LogP contribution in [0.1, 0.15) is 37.4 Å². The monoisotopic (exact) mass is 332 g/mol. The van der Waals surface area contributed by atoms with Gasteiger partial charge in [0.05, 0.1) is 24.1 Å². The normalized spacial score (nSPS) is 37.7. The molecular formula is C19H16N4O2. The number of ether oxygens (including phenoxy) is 2. The van der Waals surface area contributed by atoms with Gasteiger partial charge in [0.2, 0.25) is 11.7 Å². The predicted octanol–water partition coefficient (Wildman–Crippen LogP) is 3.20. The number of benzene rings is 1. The van der Waals surface area contributed by atoms with Crippen molar-refractivity contribution < 1.29 is 9.47 Å². The first-order valence-electron chi connectivity index (χ1n) is 8.35. The average Bonchev–Trinajstić information content (AvgIpc) is 2.66. The number of rotatable bonds is 1. The molecule has 1 aromatic rings. The van der Waals surface area contributed by atoms with Gasteiger partial charge in [-0.3, -0.25) is 5.41 Å². The van der Waals surface area contributed by atoms with Crippen LogP contribution < -0.4 is 0 Å². The quantitative estimate of drug-likeness (QED) is 0.848. The Morgan fingerprint density at radius 3 is 2.40 bits per heavy atom. The van der Waals surface area contributed by atoms with Crippen molar-refractivity contribution in [2.24, 2.45) is 16.7 Å². The first-order valence-corrected chi connectivity index (χ1v) is 8.35. The molecule has 0 radical (unpaired) electrons. The molecule has 1 aliphatic carbocycles. The van der Waals surface area contributed by atoms with E-state index in [9.17, 15) is 15.8 Å². The third-order valence-electron chi connectivity index (χ3n) is 5.92. The van der Waals surface area contributed by atoms with Gasteiger partial charge in [-0.25, -0.2) is 0 Å². The van der Waals surface area contributed by atoms with E-state index in [-0.39, 0.29) is 5.90 Å². The molecular weight excluding hydrogens is 316 g/mol. The molecule has 5 rings (SSSR count). The van der Waals surface area contributed by atoms with Gasteiger partial charge >= 0.3 is 0 Å². The van der Waals surface area contributed by atoms with E-state index >= 15 is 0 Å². The van der Waals surface area contributed by atoms with Gasteiger partial charge in [0.25, 0.3) is 0 Å². The van der Waals surface area contributed by atoms with Crippen molar-refractivity contribution in [1.29, 1.82) is 21.2 Å². The summed E-state index contributed by atoms with van der Waals surface area (Å²) in [6.07, 6.45) is 1.87. The Balaban J connectivity index is 2.02. The third kappa shape index (κ3) is 1.62. The van der Waals surface area contributed by atoms with Crippen molar-refractivity contribution in [2.45, 2.75) is 37.6 Å². The summed E-state index contributed by atoms with van der Waals surface area (Å²) >= 11 is 0. The molecule has 1 aromatic carbocycles. The summed E-state index contributed by atoms with van der Waals surface area (Å²) in [5.41, 5.74) is -2.77. The van der Waals surface area contributed by atoms with Gasteiger partial charge < -0.3 is 9.47 Å². The fourth-order valence-electron chi connectivity index (χ4n) is 4.77. The molecule has 0 aromatic heterocycles. The maximum Gasteiger partial charge on any atom is 0.218 e. The highest BCUT2D eigenvalue weighted by atomic mass is 16.7. The zero-order valence-corrected chi connectivity index (χ0v) is 13.5. The average molecular weight is 332 g/mol. The zero-order valence-electron chi connectivity index (χ0n) is 13.5. The molecule has 124 valence electrons. The summed E-state index contributed by atoms with van der Waals surface area (Å²) in [7, 11) is 0. The van der Waals surface area contributed by atoms with Gasteiger partial charge in [-0.2, -0.15) is 15.8 Å². The molecule has 1 spiro atoms. The number of nitriles is 3. The molecule has 6 nitrogen and oxygen atoms in total. The molecule has 4 fully saturated rings. The van der Waals surface area contributed by atoms with Crippen LogP contribution in [0.5, 0.6) is 0 Å². The Morgan fingerprint density at radius 1 is 1.04 bits per heavy atom. The van der Waals surface area contributed by atoms with Crippen molar-refractivity contribution in [3.05, 3.63) is 35.9 Å². The van der Waals surface area contributed by atoms with Crippen LogP contribution in [0.15, 0.2) is 30.3 Å². The van der Waals surface area contributed by atoms with Crippen LogP contribution in [0.2, 0.25) is 0 Å². The van der Waals surface area contributed by atoms with Gasteiger partial charge in [-0.05, 0) is 18.4 Å². The van der Waals surface area contributed by atoms with Gasteiger partial charge in [-0.1, -0.05) is 36.8 Å². The fourth-order valence-corrected chi connectivity index (χ4v) is 4.77. The number of nitrogens with zero attached hydrogens (tertiary/aromatic N) is 3. The van der Waals surface area contributed by atoms with Crippen molar-refractivity contribution in [1.82, 2.24) is 0 Å². The van der Waals surface area contributed by atoms with Crippen LogP contribution >= 0.6 is 0 Å². The molecule has 3 heterocycles. The third-order valence-corrected chi connectivity index (χ3v) is 5.92. The Morgan fingerprint density at radius 2 is 1.76 bits per heavy atom. The summed E-state index contributed by atoms with van der Waals surface area (Å²) in [6, 6.07) is 15.4. The van der Waals surface area contributed by atoms with E-state index in [1.807, 2.05) is 18.2 Å². The van der Waals surface area contributed by atoms with Crippen LogP contribution in [0.25, 0.3) is 0 Å². The minimum Gasteiger partial charge on any atom is -0.447 e. The maximum absolute atomic E-state index is 10.1. The minimum atomic E-state index is -1.78. The van der Waals surface area contributed by atoms with Crippen LogP contribution in [-0.4, -0.2) is 11.7 Å². The molecule has 1 saturated carbocycles. The Labute approximate surface area is 145 Å². The lowest BCUT2D eigenvalue weighted by molar-refractivity contribution is -0.360. The van der Waals surface area contributed by atoms with Gasteiger partial charge in [0.1, 0.15) is 6.10 Å². The molecule has 0 amide bonds. The second kappa shape index (κ2) is 5.06. The lowest BCUT2D eigenvalue weighted by atomic mass is 9.48. The van der Waals surface area contributed by atoms with Crippen LogP contribution in [0.4, 0.5) is 0 Å². The number of nitrogens with one attached hydrogen (secondary N) is 1. The highest BCUT2D eigenvalue weighted by Crippen LogP contribution is 2.69. The largest absolute Gasteiger partial charge is 0.447 e. The van der Waals surface area contributed by atoms with E-state index in [4.69, 9.17) is 14.9 Å². The van der Waals surface area contributed by atoms with Gasteiger partial charge in [-0.15, -0.1) is 0 Å². The second-order valence-electron chi connectivity index (χ2n) is 6.90. The topological polar surface area (TPSA) is 114 Å². The maximum atomic E-state index is 10.1. The minimum absolute atomic E-state index is 0.323. The lowest BCUT2D eigenvalue weighted by Gasteiger charge is -2.63. The summed E-state index contributed by atoms with van der Waals surface area (Å²) in [5.74, 6) is -2.05. The van der Waals surface area contributed by atoms with Crippen LogP contribution in [-0.2, 0) is 9.47 Å². The fraction of sp³-hybridized carbons (Fsp3) is 0.474. The number of hydrogen-bond donors (Lipinski definition) is 1. The molecule has 1 N–H and O–H groups in total. The van der Waals surface area contributed by atoms with E-state index in [1.165, 1.54) is 0 Å². The van der Waals surface area contributed by atoms with Crippen LogP contribution in [0, 0.1) is 56.2 Å². The second-order valence-corrected chi connectivity index (χ2v) is 6.90. The van der Waals surface area contributed by atoms with E-state index in [1.54, 1.807) is 12.1 Å². The molecule has 0 unspecified atom stereocenters. The van der Waals surface area contributed by atoms with Crippen molar-refractivity contribution in [2.75, 3.05) is 0 Å². The first-order chi connectivity index (χ1) is 12.1. The Kier molecular flexibility index (Phi) is 3.16. The molecule has 25 heavy (non-hydrogen) atoms. The molecule has 4 atom stereocenters. The molecule has 3 aliphatic heterocycles. The molecule has 2 bridgehead atoms. The Hall–Kier alpha value is -2.88. The SMILES string of the molecule is N#CC1(C#N)[C@H]2CCCC[C@]23OC(=N)[C@@]1(C#N)[C@H](c1ccccc1)O3. The highest BCUT2D eigenvalue weighted by Gasteiger charge is 2.80. The molecule has 6 heteroatoms. The smallest absolute Gasteiger partial charge is 0.218 e. The predicted molar refractivity (Wildman–Crippen MR) is 85.5 cm³/mol.